The Balaban J connectivity index is 1.39. The molecule has 140 valence electrons. The van der Waals surface area contributed by atoms with Crippen LogP contribution in [0, 0.1) is 12.8 Å². The topological polar surface area (TPSA) is 39.3 Å². The smallest absolute Gasteiger partial charge is 0.183 e. The van der Waals surface area contributed by atoms with Crippen molar-refractivity contribution < 1.29 is 4.79 Å². The van der Waals surface area contributed by atoms with E-state index in [4.69, 9.17) is 0 Å². The zero-order valence-corrected chi connectivity index (χ0v) is 16.0. The molecule has 1 unspecified atom stereocenters. The van der Waals surface area contributed by atoms with Gasteiger partial charge in [0.1, 0.15) is 0 Å². The highest BCUT2D eigenvalue weighted by Crippen LogP contribution is 2.31. The molecule has 5 rings (SSSR count). The number of ketones is 1. The van der Waals surface area contributed by atoms with Crippen molar-refractivity contribution in [3.63, 3.8) is 0 Å². The average Bonchev–Trinajstić information content (AvgIpc) is 3.26. The quantitative estimate of drug-likeness (QED) is 0.532. The van der Waals surface area contributed by atoms with E-state index in [1.54, 1.807) is 0 Å². The Morgan fingerprint density at radius 3 is 2.79 bits per heavy atom. The van der Waals surface area contributed by atoms with Gasteiger partial charge in [-0.2, -0.15) is 0 Å². The number of aromatic nitrogens is 3. The third-order valence-electron chi connectivity index (χ3n) is 5.96. The predicted octanol–water partition coefficient (Wildman–Crippen LogP) is 4.48. The number of aryl methyl sites for hydroxylation is 1. The van der Waals surface area contributed by atoms with Crippen LogP contribution >= 0.6 is 0 Å². The number of Topliss-reactive ketones (excluding diaryl/α,β-unsaturated/α-hetero) is 1. The first kappa shape index (κ1) is 17.0. The highest BCUT2D eigenvalue weighted by Gasteiger charge is 2.31. The zero-order chi connectivity index (χ0) is 19.1. The van der Waals surface area contributed by atoms with Gasteiger partial charge in [-0.1, -0.05) is 36.4 Å². The Labute approximate surface area is 164 Å². The highest BCUT2D eigenvalue weighted by molar-refractivity contribution is 6.00. The fraction of sp³-hybridized carbons (Fsp3) is 0.250. The number of hydrogen-bond acceptors (Lipinski definition) is 2. The number of nitrogens with zero attached hydrogens (tertiary/aromatic N) is 3. The molecule has 0 N–H and O–H groups in total. The maximum absolute atomic E-state index is 13.2. The monoisotopic (exact) mass is 369 g/mol. The Kier molecular flexibility index (Phi) is 4.12. The molecule has 4 nitrogen and oxygen atoms in total. The fourth-order valence-corrected chi connectivity index (χ4v) is 4.35. The summed E-state index contributed by atoms with van der Waals surface area (Å²) in [5.74, 6) is 0.258. The van der Waals surface area contributed by atoms with Gasteiger partial charge in [0, 0.05) is 36.3 Å². The lowest BCUT2D eigenvalue weighted by atomic mass is 9.83. The van der Waals surface area contributed by atoms with E-state index in [-0.39, 0.29) is 11.7 Å². The second-order valence-corrected chi connectivity index (χ2v) is 7.71. The van der Waals surface area contributed by atoms with Crippen molar-refractivity contribution in [1.82, 2.24) is 14.0 Å². The van der Waals surface area contributed by atoms with Gasteiger partial charge in [0.2, 0.25) is 0 Å². The van der Waals surface area contributed by atoms with E-state index >= 15 is 0 Å². The summed E-state index contributed by atoms with van der Waals surface area (Å²) in [7, 11) is 0. The van der Waals surface area contributed by atoms with Gasteiger partial charge in [0.25, 0.3) is 0 Å². The molecule has 3 aromatic heterocycles. The fourth-order valence-electron chi connectivity index (χ4n) is 4.35. The maximum atomic E-state index is 13.2. The summed E-state index contributed by atoms with van der Waals surface area (Å²) in [4.78, 5) is 17.9. The van der Waals surface area contributed by atoms with Crippen LogP contribution in [0.5, 0.6) is 0 Å². The molecule has 1 aliphatic rings. The summed E-state index contributed by atoms with van der Waals surface area (Å²) in [6.45, 7) is 2.92. The Morgan fingerprint density at radius 1 is 1.11 bits per heavy atom. The molecular weight excluding hydrogens is 346 g/mol. The Bertz CT molecular complexity index is 1150. The van der Waals surface area contributed by atoms with Crippen LogP contribution < -0.4 is 0 Å². The van der Waals surface area contributed by atoms with Crippen LogP contribution in [-0.2, 0) is 19.4 Å². The van der Waals surface area contributed by atoms with Gasteiger partial charge in [0.15, 0.2) is 5.78 Å². The van der Waals surface area contributed by atoms with Crippen LogP contribution in [0.3, 0.4) is 0 Å². The van der Waals surface area contributed by atoms with Gasteiger partial charge in [-0.05, 0) is 49.1 Å². The van der Waals surface area contributed by atoms with Crippen molar-refractivity contribution in [3.05, 3.63) is 95.3 Å². The lowest BCUT2D eigenvalue weighted by molar-refractivity contribution is 0.0894. The van der Waals surface area contributed by atoms with Crippen molar-refractivity contribution in [1.29, 1.82) is 0 Å². The minimum absolute atomic E-state index is 0.00424. The summed E-state index contributed by atoms with van der Waals surface area (Å²) in [6.07, 6.45) is 6.47. The second-order valence-electron chi connectivity index (χ2n) is 7.71. The third-order valence-corrected chi connectivity index (χ3v) is 5.96. The molecule has 0 aliphatic heterocycles. The predicted molar refractivity (Wildman–Crippen MR) is 110 cm³/mol. The number of hydrogen-bond donors (Lipinski definition) is 0. The molecule has 1 atom stereocenters. The number of carbonyl (C=O) groups is 1. The van der Waals surface area contributed by atoms with E-state index in [0.717, 1.165) is 42.0 Å². The average molecular weight is 369 g/mol. The number of benzene rings is 1. The third kappa shape index (κ3) is 2.85. The molecule has 0 fully saturated rings. The highest BCUT2D eigenvalue weighted by atomic mass is 16.1. The maximum Gasteiger partial charge on any atom is 0.183 e. The first-order valence-electron chi connectivity index (χ1n) is 9.88. The molecule has 0 saturated carbocycles. The van der Waals surface area contributed by atoms with Crippen LogP contribution in [0.15, 0.2) is 67.1 Å². The molecule has 0 amide bonds. The number of fused-ring (bicyclic) bond motifs is 3. The second kappa shape index (κ2) is 6.79. The molecule has 3 heterocycles. The lowest BCUT2D eigenvalue weighted by Crippen LogP contribution is -2.25. The van der Waals surface area contributed by atoms with Gasteiger partial charge in [-0.3, -0.25) is 4.79 Å². The molecule has 0 radical (unpaired) electrons. The van der Waals surface area contributed by atoms with Crippen molar-refractivity contribution >= 4 is 11.3 Å². The molecule has 28 heavy (non-hydrogen) atoms. The Morgan fingerprint density at radius 2 is 1.93 bits per heavy atom. The summed E-state index contributed by atoms with van der Waals surface area (Å²) in [5, 5.41) is 0. The molecule has 1 aromatic carbocycles. The van der Waals surface area contributed by atoms with Gasteiger partial charge >= 0.3 is 0 Å². The van der Waals surface area contributed by atoms with Crippen molar-refractivity contribution in [3.8, 4) is 0 Å². The van der Waals surface area contributed by atoms with Gasteiger partial charge in [-0.25, -0.2) is 4.98 Å². The van der Waals surface area contributed by atoms with Crippen LogP contribution in [0.4, 0.5) is 0 Å². The first-order chi connectivity index (χ1) is 13.7. The number of imidazole rings is 1. The van der Waals surface area contributed by atoms with E-state index in [9.17, 15) is 4.79 Å². The van der Waals surface area contributed by atoms with Gasteiger partial charge < -0.3 is 8.97 Å². The van der Waals surface area contributed by atoms with Crippen molar-refractivity contribution in [2.24, 2.45) is 5.92 Å². The van der Waals surface area contributed by atoms with E-state index in [1.165, 1.54) is 11.1 Å². The van der Waals surface area contributed by atoms with E-state index in [1.807, 2.05) is 35.1 Å². The summed E-state index contributed by atoms with van der Waals surface area (Å²) in [5.41, 5.74) is 6.60. The minimum Gasteiger partial charge on any atom is -0.330 e. The number of pyridine rings is 1. The van der Waals surface area contributed by atoms with Crippen molar-refractivity contribution in [2.75, 3.05) is 0 Å². The van der Waals surface area contributed by atoms with Crippen LogP contribution in [0.1, 0.15) is 39.4 Å². The molecule has 4 aromatic rings. The summed E-state index contributed by atoms with van der Waals surface area (Å²) < 4.78 is 4.22. The molecule has 0 spiro atoms. The Hall–Kier alpha value is -3.14. The lowest BCUT2D eigenvalue weighted by Gasteiger charge is -2.21. The zero-order valence-electron chi connectivity index (χ0n) is 16.0. The van der Waals surface area contributed by atoms with Gasteiger partial charge in [0.05, 0.1) is 17.7 Å². The van der Waals surface area contributed by atoms with Gasteiger partial charge in [-0.15, -0.1) is 0 Å². The van der Waals surface area contributed by atoms with E-state index in [0.29, 0.717) is 6.42 Å². The molecule has 0 bridgehead atoms. The standard InChI is InChI=1S/C24H23N3O/c1-17-22(25-16-26(17)15-18-7-3-2-4-8-18)14-20-11-10-19-13-21-9-5-6-12-27(21)23(19)24(20)28/h2-9,12-13,16,20H,10-11,14-15H2,1H3. The van der Waals surface area contributed by atoms with Crippen LogP contribution in [-0.4, -0.2) is 19.7 Å². The number of carbonyl (C=O) groups excluding carboxylic acids is 1. The normalized spacial score (nSPS) is 16.5. The van der Waals surface area contributed by atoms with E-state index < -0.39 is 0 Å². The largest absolute Gasteiger partial charge is 0.330 e. The van der Waals surface area contributed by atoms with Crippen LogP contribution in [0.25, 0.3) is 5.52 Å². The minimum atomic E-state index is 0.00424. The molecular formula is C24H23N3O. The first-order valence-corrected chi connectivity index (χ1v) is 9.88. The number of rotatable bonds is 4. The van der Waals surface area contributed by atoms with Crippen LogP contribution in [0.2, 0.25) is 0 Å². The molecule has 1 aliphatic carbocycles. The summed E-state index contributed by atoms with van der Waals surface area (Å²) >= 11 is 0. The van der Waals surface area contributed by atoms with Crippen molar-refractivity contribution in [2.45, 2.75) is 32.7 Å². The van der Waals surface area contributed by atoms with E-state index in [2.05, 4.69) is 52.9 Å². The molecule has 4 heteroatoms. The molecule has 0 saturated heterocycles. The SMILES string of the molecule is Cc1c(CC2CCc3cc4ccccn4c3C2=O)ncn1Cc1ccccc1. The summed E-state index contributed by atoms with van der Waals surface area (Å²) in [6, 6.07) is 18.6.